The molecule has 0 bridgehead atoms. The van der Waals surface area contributed by atoms with E-state index in [0.29, 0.717) is 0 Å². The largest absolute Gasteiger partial charge is 0.507 e. The Bertz CT molecular complexity index is 234. The van der Waals surface area contributed by atoms with Crippen molar-refractivity contribution in [2.75, 3.05) is 21.3 Å². The van der Waals surface area contributed by atoms with Crippen molar-refractivity contribution >= 4 is 8.80 Å². The first-order valence-corrected chi connectivity index (χ1v) is 10.3. The Morgan fingerprint density at radius 2 is 1.24 bits per heavy atom. The van der Waals surface area contributed by atoms with E-state index in [1.165, 1.54) is 57.8 Å². The van der Waals surface area contributed by atoms with Gasteiger partial charge in [-0.25, -0.2) is 0 Å². The van der Waals surface area contributed by atoms with E-state index in [1.807, 2.05) is 6.08 Å². The third-order valence-corrected chi connectivity index (χ3v) is 7.35. The van der Waals surface area contributed by atoms with E-state index >= 15 is 0 Å². The molecule has 0 heterocycles. The summed E-state index contributed by atoms with van der Waals surface area (Å²) in [7, 11) is 2.46. The molecule has 3 nitrogen and oxygen atoms in total. The first-order chi connectivity index (χ1) is 10.2. The van der Waals surface area contributed by atoms with E-state index in [2.05, 4.69) is 13.5 Å². The molecule has 0 N–H and O–H groups in total. The van der Waals surface area contributed by atoms with Gasteiger partial charge in [-0.15, -0.1) is 6.58 Å². The maximum atomic E-state index is 5.55. The Hall–Kier alpha value is -0.163. The van der Waals surface area contributed by atoms with Gasteiger partial charge >= 0.3 is 8.80 Å². The maximum Gasteiger partial charge on any atom is 0.507 e. The third-order valence-electron chi connectivity index (χ3n) is 4.21. The summed E-state index contributed by atoms with van der Waals surface area (Å²) in [5.41, 5.74) is 0.196. The van der Waals surface area contributed by atoms with Gasteiger partial charge in [0.25, 0.3) is 0 Å². The molecule has 0 spiro atoms. The minimum absolute atomic E-state index is 0.196. The zero-order valence-electron chi connectivity index (χ0n) is 14.7. The molecule has 0 aromatic rings. The SMILES string of the molecule is C=CC(CCCCCCCCCCC)[Si](OC)(OC)OC. The smallest absolute Gasteiger partial charge is 0.376 e. The highest BCUT2D eigenvalue weighted by molar-refractivity contribution is 6.62. The lowest BCUT2D eigenvalue weighted by Gasteiger charge is -2.30. The fourth-order valence-electron chi connectivity index (χ4n) is 2.82. The van der Waals surface area contributed by atoms with Crippen molar-refractivity contribution in [2.24, 2.45) is 0 Å². The lowest BCUT2D eigenvalue weighted by molar-refractivity contribution is 0.115. The van der Waals surface area contributed by atoms with Gasteiger partial charge in [-0.1, -0.05) is 70.8 Å². The lowest BCUT2D eigenvalue weighted by Crippen LogP contribution is -2.47. The summed E-state index contributed by atoms with van der Waals surface area (Å²) in [6.07, 6.45) is 15.0. The monoisotopic (exact) mass is 316 g/mol. The Balaban J connectivity index is 3.80. The highest BCUT2D eigenvalue weighted by atomic mass is 28.4. The second kappa shape index (κ2) is 13.5. The van der Waals surface area contributed by atoms with Gasteiger partial charge in [-0.05, 0) is 6.42 Å². The summed E-state index contributed by atoms with van der Waals surface area (Å²) in [5, 5.41) is 0. The number of unbranched alkanes of at least 4 members (excludes halogenated alkanes) is 8. The van der Waals surface area contributed by atoms with E-state index in [0.717, 1.165) is 6.42 Å². The average molecular weight is 317 g/mol. The molecule has 0 aromatic carbocycles. The molecule has 0 rings (SSSR count). The Morgan fingerprint density at radius 3 is 1.62 bits per heavy atom. The second-order valence-electron chi connectivity index (χ2n) is 5.68. The van der Waals surface area contributed by atoms with E-state index in [4.69, 9.17) is 13.3 Å². The molecular weight excluding hydrogens is 280 g/mol. The summed E-state index contributed by atoms with van der Waals surface area (Å²) in [6.45, 7) is 6.19. The fourth-order valence-corrected chi connectivity index (χ4v) is 5.07. The van der Waals surface area contributed by atoms with Crippen LogP contribution >= 0.6 is 0 Å². The first-order valence-electron chi connectivity index (χ1n) is 8.48. The summed E-state index contributed by atoms with van der Waals surface area (Å²) in [6, 6.07) is 0. The van der Waals surface area contributed by atoms with Crippen LogP contribution in [0, 0.1) is 0 Å². The van der Waals surface area contributed by atoms with Gasteiger partial charge in [0.05, 0.1) is 0 Å². The van der Waals surface area contributed by atoms with Crippen molar-refractivity contribution < 1.29 is 13.3 Å². The second-order valence-corrected chi connectivity index (χ2v) is 8.85. The summed E-state index contributed by atoms with van der Waals surface area (Å²) in [5.74, 6) is 0. The van der Waals surface area contributed by atoms with Gasteiger partial charge in [0.15, 0.2) is 0 Å². The molecule has 0 aliphatic rings. The van der Waals surface area contributed by atoms with Gasteiger partial charge in [-0.2, -0.15) is 0 Å². The predicted molar refractivity (Wildman–Crippen MR) is 92.6 cm³/mol. The van der Waals surface area contributed by atoms with Crippen LogP contribution in [0.4, 0.5) is 0 Å². The van der Waals surface area contributed by atoms with Crippen LogP contribution in [-0.4, -0.2) is 30.1 Å². The fraction of sp³-hybridized carbons (Fsp3) is 0.882. The minimum atomic E-state index is -2.56. The van der Waals surface area contributed by atoms with Crippen molar-refractivity contribution in [3.05, 3.63) is 12.7 Å². The predicted octanol–water partition coefficient (Wildman–Crippen LogP) is 5.34. The van der Waals surface area contributed by atoms with Crippen molar-refractivity contribution in [2.45, 2.75) is 76.7 Å². The molecule has 0 radical (unpaired) electrons. The van der Waals surface area contributed by atoms with Gasteiger partial charge in [0, 0.05) is 26.9 Å². The standard InChI is InChI=1S/C17H36O3Si/c1-6-8-9-10-11-12-13-14-15-16-17(7-2)21(18-3,19-4)20-5/h7,17H,2,6,8-16H2,1,3-5H3. The van der Waals surface area contributed by atoms with Gasteiger partial charge in [0.1, 0.15) is 0 Å². The van der Waals surface area contributed by atoms with E-state index in [-0.39, 0.29) is 5.54 Å². The molecule has 0 amide bonds. The number of rotatable bonds is 15. The number of hydrogen-bond acceptors (Lipinski definition) is 3. The Labute approximate surface area is 133 Å². The Morgan fingerprint density at radius 1 is 0.810 bits per heavy atom. The van der Waals surface area contributed by atoms with Crippen LogP contribution in [0.2, 0.25) is 5.54 Å². The normalized spacial score (nSPS) is 13.3. The molecule has 0 saturated heterocycles. The zero-order chi connectivity index (χ0) is 16.0. The topological polar surface area (TPSA) is 27.7 Å². The molecule has 0 aliphatic carbocycles. The molecule has 0 aromatic heterocycles. The summed E-state index contributed by atoms with van der Waals surface area (Å²) < 4.78 is 16.6. The molecule has 126 valence electrons. The van der Waals surface area contributed by atoms with Crippen molar-refractivity contribution in [3.63, 3.8) is 0 Å². The average Bonchev–Trinajstić information content (AvgIpc) is 2.53. The summed E-state index contributed by atoms with van der Waals surface area (Å²) in [4.78, 5) is 0. The van der Waals surface area contributed by atoms with Crippen molar-refractivity contribution in [1.29, 1.82) is 0 Å². The number of allylic oxidation sites excluding steroid dienone is 1. The van der Waals surface area contributed by atoms with Crippen LogP contribution in [0.1, 0.15) is 71.1 Å². The lowest BCUT2D eigenvalue weighted by atomic mass is 10.1. The Kier molecular flexibility index (Phi) is 13.4. The molecule has 1 unspecified atom stereocenters. The quantitative estimate of drug-likeness (QED) is 0.232. The molecule has 4 heteroatoms. The van der Waals surface area contributed by atoms with E-state index in [1.54, 1.807) is 21.3 Å². The van der Waals surface area contributed by atoms with Crippen LogP contribution in [0.5, 0.6) is 0 Å². The summed E-state index contributed by atoms with van der Waals surface area (Å²) >= 11 is 0. The van der Waals surface area contributed by atoms with Crippen LogP contribution in [0.25, 0.3) is 0 Å². The molecule has 21 heavy (non-hydrogen) atoms. The number of hydrogen-bond donors (Lipinski definition) is 0. The molecule has 0 aliphatic heterocycles. The van der Waals surface area contributed by atoms with Crippen LogP contribution in [-0.2, 0) is 13.3 Å². The molecule has 1 atom stereocenters. The molecule has 0 fully saturated rings. The van der Waals surface area contributed by atoms with Crippen LogP contribution in [0.15, 0.2) is 12.7 Å². The van der Waals surface area contributed by atoms with Gasteiger partial charge < -0.3 is 13.3 Å². The first kappa shape index (κ1) is 20.8. The maximum absolute atomic E-state index is 5.55. The molecule has 0 saturated carbocycles. The minimum Gasteiger partial charge on any atom is -0.376 e. The van der Waals surface area contributed by atoms with Crippen molar-refractivity contribution in [3.8, 4) is 0 Å². The zero-order valence-corrected chi connectivity index (χ0v) is 15.7. The van der Waals surface area contributed by atoms with Crippen molar-refractivity contribution in [1.82, 2.24) is 0 Å². The molecular formula is C17H36O3Si. The van der Waals surface area contributed by atoms with E-state index < -0.39 is 8.80 Å². The van der Waals surface area contributed by atoms with E-state index in [9.17, 15) is 0 Å². The highest BCUT2D eigenvalue weighted by Gasteiger charge is 2.45. The van der Waals surface area contributed by atoms with Gasteiger partial charge in [-0.3, -0.25) is 0 Å². The van der Waals surface area contributed by atoms with Gasteiger partial charge in [0.2, 0.25) is 0 Å². The highest BCUT2D eigenvalue weighted by Crippen LogP contribution is 2.30. The van der Waals surface area contributed by atoms with Crippen LogP contribution < -0.4 is 0 Å². The van der Waals surface area contributed by atoms with Crippen LogP contribution in [0.3, 0.4) is 0 Å². The third kappa shape index (κ3) is 8.14.